The van der Waals surface area contributed by atoms with Crippen molar-refractivity contribution in [1.29, 1.82) is 0 Å². The molecule has 1 saturated carbocycles. The standard InChI is InChI=1S/C11H20ClNO/c12-7-8-13-9-10-3-6-11(14-10)4-1-2-5-11/h10,13H,1-9H2. The average Bonchev–Trinajstić information content (AvgIpc) is 2.79. The van der Waals surface area contributed by atoms with Crippen LogP contribution in [0.2, 0.25) is 0 Å². The van der Waals surface area contributed by atoms with Crippen molar-refractivity contribution in [3.8, 4) is 0 Å². The Morgan fingerprint density at radius 2 is 2.07 bits per heavy atom. The van der Waals surface area contributed by atoms with Crippen LogP contribution in [0.1, 0.15) is 38.5 Å². The van der Waals surface area contributed by atoms with Crippen LogP contribution in [0, 0.1) is 0 Å². The third kappa shape index (κ3) is 2.41. The quantitative estimate of drug-likeness (QED) is 0.577. The molecule has 1 spiro atoms. The lowest BCUT2D eigenvalue weighted by Crippen LogP contribution is -2.31. The molecular formula is C11H20ClNO. The van der Waals surface area contributed by atoms with Crippen molar-refractivity contribution in [3.05, 3.63) is 0 Å². The summed E-state index contributed by atoms with van der Waals surface area (Å²) in [6, 6.07) is 0. The lowest BCUT2D eigenvalue weighted by Gasteiger charge is -2.23. The first-order valence-corrected chi connectivity index (χ1v) is 6.33. The van der Waals surface area contributed by atoms with Gasteiger partial charge in [0.1, 0.15) is 0 Å². The highest BCUT2D eigenvalue weighted by Crippen LogP contribution is 2.42. The number of ether oxygens (including phenoxy) is 1. The van der Waals surface area contributed by atoms with Gasteiger partial charge in [0.05, 0.1) is 11.7 Å². The summed E-state index contributed by atoms with van der Waals surface area (Å²) >= 11 is 5.60. The first kappa shape index (κ1) is 10.7. The number of hydrogen-bond donors (Lipinski definition) is 1. The molecule has 2 fully saturated rings. The molecule has 14 heavy (non-hydrogen) atoms. The molecule has 0 amide bonds. The van der Waals surface area contributed by atoms with E-state index in [1.54, 1.807) is 0 Å². The van der Waals surface area contributed by atoms with Gasteiger partial charge in [-0.15, -0.1) is 11.6 Å². The van der Waals surface area contributed by atoms with Crippen LogP contribution < -0.4 is 5.32 Å². The lowest BCUT2D eigenvalue weighted by molar-refractivity contribution is -0.0348. The monoisotopic (exact) mass is 217 g/mol. The molecule has 1 saturated heterocycles. The van der Waals surface area contributed by atoms with Gasteiger partial charge in [-0.2, -0.15) is 0 Å². The van der Waals surface area contributed by atoms with E-state index in [0.29, 0.717) is 12.0 Å². The third-order valence-corrected chi connectivity index (χ3v) is 3.69. The van der Waals surface area contributed by atoms with Gasteiger partial charge in [-0.05, 0) is 25.7 Å². The highest BCUT2D eigenvalue weighted by Gasteiger charge is 2.41. The molecule has 0 bridgehead atoms. The number of nitrogens with one attached hydrogen (secondary N) is 1. The lowest BCUT2D eigenvalue weighted by atomic mass is 9.98. The fraction of sp³-hybridized carbons (Fsp3) is 1.00. The number of halogens is 1. The van der Waals surface area contributed by atoms with Gasteiger partial charge in [0, 0.05) is 19.0 Å². The van der Waals surface area contributed by atoms with Gasteiger partial charge in [0.2, 0.25) is 0 Å². The van der Waals surface area contributed by atoms with Crippen molar-refractivity contribution in [2.24, 2.45) is 0 Å². The second kappa shape index (κ2) is 4.82. The fourth-order valence-electron chi connectivity index (χ4n) is 2.76. The first-order valence-electron chi connectivity index (χ1n) is 5.79. The molecule has 1 heterocycles. The Balaban J connectivity index is 1.71. The summed E-state index contributed by atoms with van der Waals surface area (Å²) in [5, 5.41) is 3.33. The van der Waals surface area contributed by atoms with Crippen molar-refractivity contribution in [3.63, 3.8) is 0 Å². The second-order valence-electron chi connectivity index (χ2n) is 4.56. The molecule has 0 aromatic heterocycles. The van der Waals surface area contributed by atoms with Gasteiger partial charge in [0.25, 0.3) is 0 Å². The van der Waals surface area contributed by atoms with E-state index in [9.17, 15) is 0 Å². The maximum absolute atomic E-state index is 6.15. The van der Waals surface area contributed by atoms with Crippen LogP contribution >= 0.6 is 11.6 Å². The Labute approximate surface area is 91.3 Å². The normalized spacial score (nSPS) is 30.2. The van der Waals surface area contributed by atoms with Crippen LogP contribution in [0.25, 0.3) is 0 Å². The molecule has 0 aromatic rings. The minimum absolute atomic E-state index is 0.285. The predicted molar refractivity (Wildman–Crippen MR) is 58.9 cm³/mol. The molecule has 1 atom stereocenters. The van der Waals surface area contributed by atoms with Gasteiger partial charge >= 0.3 is 0 Å². The first-order chi connectivity index (χ1) is 6.85. The van der Waals surface area contributed by atoms with Gasteiger partial charge in [-0.25, -0.2) is 0 Å². The van der Waals surface area contributed by atoms with E-state index in [2.05, 4.69) is 5.32 Å². The Morgan fingerprint density at radius 3 is 2.79 bits per heavy atom. The summed E-state index contributed by atoms with van der Waals surface area (Å²) < 4.78 is 6.15. The largest absolute Gasteiger partial charge is 0.370 e. The summed E-state index contributed by atoms with van der Waals surface area (Å²) in [4.78, 5) is 0. The zero-order chi connectivity index (χ0) is 9.86. The van der Waals surface area contributed by atoms with E-state index in [0.717, 1.165) is 13.1 Å². The zero-order valence-electron chi connectivity index (χ0n) is 8.73. The summed E-state index contributed by atoms with van der Waals surface area (Å²) in [6.45, 7) is 1.88. The molecule has 82 valence electrons. The average molecular weight is 218 g/mol. The van der Waals surface area contributed by atoms with Crippen LogP contribution in [0.4, 0.5) is 0 Å². The van der Waals surface area contributed by atoms with Crippen LogP contribution in [-0.2, 0) is 4.74 Å². The van der Waals surface area contributed by atoms with E-state index in [4.69, 9.17) is 16.3 Å². The zero-order valence-corrected chi connectivity index (χ0v) is 9.48. The molecule has 1 aliphatic heterocycles. The third-order valence-electron chi connectivity index (χ3n) is 3.50. The minimum Gasteiger partial charge on any atom is -0.370 e. The SMILES string of the molecule is ClCCNCC1CCC2(CCCC2)O1. The van der Waals surface area contributed by atoms with Crippen molar-refractivity contribution < 1.29 is 4.74 Å². The minimum atomic E-state index is 0.285. The van der Waals surface area contributed by atoms with Crippen molar-refractivity contribution in [1.82, 2.24) is 5.32 Å². The van der Waals surface area contributed by atoms with E-state index in [1.165, 1.54) is 38.5 Å². The van der Waals surface area contributed by atoms with E-state index in [1.807, 2.05) is 0 Å². The molecular weight excluding hydrogens is 198 g/mol. The van der Waals surface area contributed by atoms with Gasteiger partial charge in [-0.1, -0.05) is 12.8 Å². The number of rotatable bonds is 4. The highest BCUT2D eigenvalue weighted by atomic mass is 35.5. The molecule has 0 aromatic carbocycles. The van der Waals surface area contributed by atoms with Gasteiger partial charge in [-0.3, -0.25) is 0 Å². The van der Waals surface area contributed by atoms with Crippen molar-refractivity contribution >= 4 is 11.6 Å². The van der Waals surface area contributed by atoms with Crippen molar-refractivity contribution in [2.75, 3.05) is 19.0 Å². The smallest absolute Gasteiger partial charge is 0.0708 e. The Hall–Kier alpha value is 0.210. The van der Waals surface area contributed by atoms with Crippen LogP contribution in [0.15, 0.2) is 0 Å². The fourth-order valence-corrected chi connectivity index (χ4v) is 2.89. The van der Waals surface area contributed by atoms with Crippen molar-refractivity contribution in [2.45, 2.75) is 50.2 Å². The van der Waals surface area contributed by atoms with Gasteiger partial charge < -0.3 is 10.1 Å². The Morgan fingerprint density at radius 1 is 1.29 bits per heavy atom. The van der Waals surface area contributed by atoms with E-state index < -0.39 is 0 Å². The summed E-state index contributed by atoms with van der Waals surface area (Å²) in [5.74, 6) is 0.692. The summed E-state index contributed by atoms with van der Waals surface area (Å²) in [7, 11) is 0. The molecule has 1 aliphatic carbocycles. The Bertz CT molecular complexity index is 180. The van der Waals surface area contributed by atoms with Crippen LogP contribution in [-0.4, -0.2) is 30.7 Å². The molecule has 2 nitrogen and oxygen atoms in total. The topological polar surface area (TPSA) is 21.3 Å². The van der Waals surface area contributed by atoms with Crippen LogP contribution in [0.3, 0.4) is 0 Å². The molecule has 0 radical (unpaired) electrons. The molecule has 2 rings (SSSR count). The molecule has 2 aliphatic rings. The van der Waals surface area contributed by atoms with E-state index >= 15 is 0 Å². The summed E-state index contributed by atoms with van der Waals surface area (Å²) in [6.07, 6.45) is 8.26. The predicted octanol–water partition coefficient (Wildman–Crippen LogP) is 2.31. The second-order valence-corrected chi connectivity index (χ2v) is 4.94. The highest BCUT2D eigenvalue weighted by molar-refractivity contribution is 6.18. The molecule has 1 unspecified atom stereocenters. The van der Waals surface area contributed by atoms with Gasteiger partial charge in [0.15, 0.2) is 0 Å². The number of alkyl halides is 1. The molecule has 1 N–H and O–H groups in total. The van der Waals surface area contributed by atoms with Crippen LogP contribution in [0.5, 0.6) is 0 Å². The Kier molecular flexibility index (Phi) is 3.69. The number of hydrogen-bond acceptors (Lipinski definition) is 2. The summed E-state index contributed by atoms with van der Waals surface area (Å²) in [5.41, 5.74) is 0.285. The maximum Gasteiger partial charge on any atom is 0.0708 e. The van der Waals surface area contributed by atoms with E-state index in [-0.39, 0.29) is 5.60 Å². The maximum atomic E-state index is 6.15. The molecule has 3 heteroatoms.